The molecule has 0 aliphatic rings. The van der Waals surface area contributed by atoms with Gasteiger partial charge in [0.2, 0.25) is 0 Å². The highest BCUT2D eigenvalue weighted by molar-refractivity contribution is 14.0. The van der Waals surface area contributed by atoms with Gasteiger partial charge in [-0.3, -0.25) is 4.99 Å². The van der Waals surface area contributed by atoms with Gasteiger partial charge in [-0.1, -0.05) is 13.3 Å². The molecule has 0 bridgehead atoms. The minimum atomic E-state index is -0.460. The van der Waals surface area contributed by atoms with Crippen LogP contribution in [0.4, 0.5) is 4.79 Å². The van der Waals surface area contributed by atoms with Gasteiger partial charge in [-0.15, -0.1) is 24.0 Å². The van der Waals surface area contributed by atoms with Crippen molar-refractivity contribution >= 4 is 36.0 Å². The summed E-state index contributed by atoms with van der Waals surface area (Å²) < 4.78 is 5.18. The Labute approximate surface area is 170 Å². The first kappa shape index (κ1) is 26.5. The molecule has 0 rings (SSSR count). The molecule has 0 aromatic rings. The predicted molar refractivity (Wildman–Crippen MR) is 116 cm³/mol. The van der Waals surface area contributed by atoms with Crippen molar-refractivity contribution in [2.75, 3.05) is 46.8 Å². The number of ether oxygens (including phenoxy) is 1. The quantitative estimate of drug-likeness (QED) is 0.198. The summed E-state index contributed by atoms with van der Waals surface area (Å²) in [5.74, 6) is 0.788. The van der Waals surface area contributed by atoms with E-state index in [9.17, 15) is 4.79 Å². The zero-order chi connectivity index (χ0) is 18.4. The fraction of sp³-hybridized carbons (Fsp3) is 0.882. The number of rotatable bonds is 10. The predicted octanol–water partition coefficient (Wildman–Crippen LogP) is 2.42. The summed E-state index contributed by atoms with van der Waals surface area (Å²) in [7, 11) is 3.89. The molecule has 0 fully saturated rings. The number of likely N-dealkylation sites (N-methyl/N-ethyl adjacent to an activating group) is 1. The molecule has 7 nitrogen and oxygen atoms in total. The number of hydrogen-bond donors (Lipinski definition) is 3. The number of carbonyl (C=O) groups excluding carboxylic acids is 1. The Hall–Kier alpha value is -0.770. The molecule has 0 radical (unpaired) electrons. The number of amides is 1. The molecule has 3 N–H and O–H groups in total. The van der Waals surface area contributed by atoms with E-state index in [4.69, 9.17) is 4.74 Å². The van der Waals surface area contributed by atoms with E-state index in [1.54, 1.807) is 7.05 Å². The highest BCUT2D eigenvalue weighted by Gasteiger charge is 2.15. The minimum absolute atomic E-state index is 0. The lowest BCUT2D eigenvalue weighted by atomic mass is 10.2. The van der Waals surface area contributed by atoms with E-state index < -0.39 is 5.60 Å². The second kappa shape index (κ2) is 15.5. The van der Waals surface area contributed by atoms with Gasteiger partial charge >= 0.3 is 6.09 Å². The van der Waals surface area contributed by atoms with Crippen molar-refractivity contribution in [1.29, 1.82) is 0 Å². The molecule has 0 aromatic carbocycles. The lowest BCUT2D eigenvalue weighted by molar-refractivity contribution is 0.0527. The summed E-state index contributed by atoms with van der Waals surface area (Å²) in [5.41, 5.74) is -0.460. The summed E-state index contributed by atoms with van der Waals surface area (Å²) in [4.78, 5) is 18.0. The van der Waals surface area contributed by atoms with Crippen LogP contribution in [0.1, 0.15) is 47.0 Å². The Balaban J connectivity index is 0. The van der Waals surface area contributed by atoms with Crippen molar-refractivity contribution in [3.8, 4) is 0 Å². The van der Waals surface area contributed by atoms with Crippen LogP contribution in [0.5, 0.6) is 0 Å². The van der Waals surface area contributed by atoms with Crippen molar-refractivity contribution in [3.05, 3.63) is 0 Å². The van der Waals surface area contributed by atoms with Crippen molar-refractivity contribution in [1.82, 2.24) is 20.9 Å². The summed E-state index contributed by atoms with van der Waals surface area (Å²) in [6, 6.07) is 0. The van der Waals surface area contributed by atoms with Crippen LogP contribution < -0.4 is 16.0 Å². The Kier molecular flexibility index (Phi) is 16.4. The standard InChI is InChI=1S/C17H37N5O2.HI/c1-7-8-13-22(6)14-12-20-15(18-5)19-10-9-11-21-16(23)24-17(2,3)4;/h7-14H2,1-6H3,(H,21,23)(H2,18,19,20);1H. The van der Waals surface area contributed by atoms with E-state index in [0.717, 1.165) is 38.6 Å². The Bertz CT molecular complexity index is 373. The van der Waals surface area contributed by atoms with Crippen LogP contribution in [-0.2, 0) is 4.74 Å². The zero-order valence-corrected chi connectivity index (χ0v) is 19.1. The highest BCUT2D eigenvalue weighted by atomic mass is 127. The summed E-state index contributed by atoms with van der Waals surface area (Å²) in [6.07, 6.45) is 2.88. The van der Waals surface area contributed by atoms with Crippen LogP contribution in [0.3, 0.4) is 0 Å². The fourth-order valence-electron chi connectivity index (χ4n) is 1.93. The fourth-order valence-corrected chi connectivity index (χ4v) is 1.93. The summed E-state index contributed by atoms with van der Waals surface area (Å²) in [5, 5.41) is 9.27. The average molecular weight is 471 g/mol. The molecule has 0 aromatic heterocycles. The van der Waals surface area contributed by atoms with Gasteiger partial charge in [-0.2, -0.15) is 0 Å². The molecule has 0 saturated heterocycles. The van der Waals surface area contributed by atoms with E-state index in [-0.39, 0.29) is 30.1 Å². The summed E-state index contributed by atoms with van der Waals surface area (Å²) >= 11 is 0. The first-order chi connectivity index (χ1) is 11.3. The van der Waals surface area contributed by atoms with Gasteiger partial charge in [-0.05, 0) is 47.2 Å². The third-order valence-electron chi connectivity index (χ3n) is 3.22. The number of alkyl carbamates (subject to hydrolysis) is 1. The second-order valence-corrected chi connectivity index (χ2v) is 6.86. The maximum absolute atomic E-state index is 11.5. The van der Waals surface area contributed by atoms with E-state index in [2.05, 4.69) is 39.8 Å². The molecule has 0 aliphatic heterocycles. The van der Waals surface area contributed by atoms with Gasteiger partial charge < -0.3 is 25.6 Å². The van der Waals surface area contributed by atoms with Crippen LogP contribution in [0.15, 0.2) is 4.99 Å². The number of hydrogen-bond acceptors (Lipinski definition) is 4. The van der Waals surface area contributed by atoms with Gasteiger partial charge in [-0.25, -0.2) is 4.79 Å². The SMILES string of the molecule is CCCCN(C)CCNC(=NC)NCCCNC(=O)OC(C)(C)C.I. The van der Waals surface area contributed by atoms with Gasteiger partial charge in [0, 0.05) is 33.2 Å². The minimum Gasteiger partial charge on any atom is -0.444 e. The molecule has 0 spiro atoms. The maximum atomic E-state index is 11.5. The molecule has 0 saturated carbocycles. The Morgan fingerprint density at radius 1 is 1.04 bits per heavy atom. The first-order valence-corrected chi connectivity index (χ1v) is 8.88. The third kappa shape index (κ3) is 17.8. The van der Waals surface area contributed by atoms with Gasteiger partial charge in [0.05, 0.1) is 0 Å². The molecule has 0 unspecified atom stereocenters. The van der Waals surface area contributed by atoms with E-state index in [0.29, 0.717) is 6.54 Å². The van der Waals surface area contributed by atoms with E-state index in [1.807, 2.05) is 20.8 Å². The lowest BCUT2D eigenvalue weighted by Crippen LogP contribution is -2.42. The van der Waals surface area contributed by atoms with Crippen LogP contribution in [0, 0.1) is 0 Å². The molecular weight excluding hydrogens is 433 g/mol. The maximum Gasteiger partial charge on any atom is 0.407 e. The molecule has 25 heavy (non-hydrogen) atoms. The van der Waals surface area contributed by atoms with Crippen molar-refractivity contribution in [3.63, 3.8) is 0 Å². The van der Waals surface area contributed by atoms with Crippen LogP contribution in [-0.4, -0.2) is 69.4 Å². The van der Waals surface area contributed by atoms with E-state index >= 15 is 0 Å². The topological polar surface area (TPSA) is 78.0 Å². The molecule has 0 heterocycles. The number of unbranched alkanes of at least 4 members (excludes halogenated alkanes) is 1. The molecular formula is C17H38IN5O2. The molecule has 1 amide bonds. The van der Waals surface area contributed by atoms with Crippen molar-refractivity contribution in [2.45, 2.75) is 52.6 Å². The number of nitrogens with one attached hydrogen (secondary N) is 3. The normalized spacial score (nSPS) is 11.7. The molecule has 8 heteroatoms. The monoisotopic (exact) mass is 471 g/mol. The molecule has 0 aliphatic carbocycles. The smallest absolute Gasteiger partial charge is 0.407 e. The number of guanidine groups is 1. The van der Waals surface area contributed by atoms with Crippen LogP contribution >= 0.6 is 24.0 Å². The molecule has 0 atom stereocenters. The Morgan fingerprint density at radius 3 is 2.20 bits per heavy atom. The van der Waals surface area contributed by atoms with Crippen molar-refractivity contribution < 1.29 is 9.53 Å². The first-order valence-electron chi connectivity index (χ1n) is 8.88. The van der Waals surface area contributed by atoms with Gasteiger partial charge in [0.15, 0.2) is 5.96 Å². The van der Waals surface area contributed by atoms with Crippen LogP contribution in [0.25, 0.3) is 0 Å². The number of carbonyl (C=O) groups is 1. The van der Waals surface area contributed by atoms with Crippen molar-refractivity contribution in [2.24, 2.45) is 4.99 Å². The molecule has 150 valence electrons. The average Bonchev–Trinajstić information content (AvgIpc) is 2.49. The van der Waals surface area contributed by atoms with Crippen LogP contribution in [0.2, 0.25) is 0 Å². The highest BCUT2D eigenvalue weighted by Crippen LogP contribution is 2.06. The zero-order valence-electron chi connectivity index (χ0n) is 16.8. The largest absolute Gasteiger partial charge is 0.444 e. The van der Waals surface area contributed by atoms with Gasteiger partial charge in [0.25, 0.3) is 0 Å². The van der Waals surface area contributed by atoms with Gasteiger partial charge in [0.1, 0.15) is 5.60 Å². The number of nitrogens with zero attached hydrogens (tertiary/aromatic N) is 2. The number of aliphatic imine (C=N–C) groups is 1. The number of halogens is 1. The third-order valence-corrected chi connectivity index (χ3v) is 3.22. The summed E-state index contributed by atoms with van der Waals surface area (Å²) in [6.45, 7) is 12.0. The Morgan fingerprint density at radius 2 is 1.64 bits per heavy atom. The van der Waals surface area contributed by atoms with E-state index in [1.165, 1.54) is 12.8 Å². The second-order valence-electron chi connectivity index (χ2n) is 6.86. The lowest BCUT2D eigenvalue weighted by Gasteiger charge is -2.20.